The molecule has 1 aliphatic heterocycles. The van der Waals surface area contributed by atoms with Crippen LogP contribution in [0, 0.1) is 4.91 Å². The van der Waals surface area contributed by atoms with E-state index in [0.717, 1.165) is 39.3 Å². The second kappa shape index (κ2) is 8.46. The number of nitroso groups, excluding NO2 is 1. The van der Waals surface area contributed by atoms with Crippen molar-refractivity contribution >= 4 is 11.9 Å². The van der Waals surface area contributed by atoms with E-state index in [2.05, 4.69) is 20.0 Å². The van der Waals surface area contributed by atoms with Gasteiger partial charge in [-0.2, -0.15) is 0 Å². The minimum absolute atomic E-state index is 0.249. The molecule has 0 bridgehead atoms. The highest BCUT2D eigenvalue weighted by molar-refractivity contribution is 5.84. The average Bonchev–Trinajstić information content (AvgIpc) is 2.55. The molecule has 0 aliphatic carbocycles. The van der Waals surface area contributed by atoms with Crippen LogP contribution in [0.2, 0.25) is 0 Å². The minimum Gasteiger partial charge on any atom is -0.379 e. The average molecular weight is 293 g/mol. The van der Waals surface area contributed by atoms with Crippen LogP contribution in [0.25, 0.3) is 0 Å². The molecule has 1 aliphatic rings. The van der Waals surface area contributed by atoms with Gasteiger partial charge in [0.1, 0.15) is 5.69 Å². The van der Waals surface area contributed by atoms with Gasteiger partial charge < -0.3 is 9.62 Å². The van der Waals surface area contributed by atoms with Gasteiger partial charge in [-0.25, -0.2) is 5.26 Å². The molecule has 0 saturated carbocycles. The van der Waals surface area contributed by atoms with Crippen LogP contribution in [0.15, 0.2) is 28.4 Å². The van der Waals surface area contributed by atoms with Crippen LogP contribution in [0.1, 0.15) is 12.0 Å². The van der Waals surface area contributed by atoms with Gasteiger partial charge in [0.25, 0.3) is 0 Å². The molecule has 0 spiro atoms. The monoisotopic (exact) mass is 293 g/mol. The quantitative estimate of drug-likeness (QED) is 0.273. The molecule has 0 radical (unpaired) electrons. The Morgan fingerprint density at radius 3 is 2.90 bits per heavy atom. The van der Waals surface area contributed by atoms with Crippen LogP contribution in [0.3, 0.4) is 0 Å². The first-order valence-corrected chi connectivity index (χ1v) is 6.92. The first kappa shape index (κ1) is 15.6. The van der Waals surface area contributed by atoms with Gasteiger partial charge in [0.2, 0.25) is 0 Å². The molecular weight excluding hydrogens is 274 g/mol. The van der Waals surface area contributed by atoms with E-state index in [1.807, 2.05) is 0 Å². The normalized spacial score (nSPS) is 16.2. The Kier molecular flexibility index (Phi) is 6.26. The number of ether oxygens (including phenoxy) is 1. The van der Waals surface area contributed by atoms with Crippen molar-refractivity contribution in [1.82, 2.24) is 4.90 Å². The maximum atomic E-state index is 10.5. The zero-order chi connectivity index (χ0) is 14.9. The lowest BCUT2D eigenvalue weighted by atomic mass is 10.2. The fraction of sp³-hybridized carbons (Fsp3) is 0.500. The van der Waals surface area contributed by atoms with E-state index in [9.17, 15) is 4.91 Å². The third-order valence-corrected chi connectivity index (χ3v) is 3.29. The van der Waals surface area contributed by atoms with E-state index in [-0.39, 0.29) is 11.4 Å². The van der Waals surface area contributed by atoms with Gasteiger partial charge in [0.15, 0.2) is 5.75 Å². The number of hydrogen-bond donors (Lipinski definition) is 1. The van der Waals surface area contributed by atoms with Crippen LogP contribution in [-0.2, 0) is 4.74 Å². The first-order valence-electron chi connectivity index (χ1n) is 6.92. The van der Waals surface area contributed by atoms with E-state index in [4.69, 9.17) is 9.99 Å². The van der Waals surface area contributed by atoms with E-state index in [1.54, 1.807) is 6.21 Å². The summed E-state index contributed by atoms with van der Waals surface area (Å²) in [6.45, 7) is 5.19. The summed E-state index contributed by atoms with van der Waals surface area (Å²) >= 11 is 0. The molecular formula is C14H19N3O4. The molecule has 7 heteroatoms. The number of benzene rings is 1. The second-order valence-electron chi connectivity index (χ2n) is 4.75. The number of aliphatic imine (C=N–C) groups is 1. The van der Waals surface area contributed by atoms with E-state index in [1.165, 1.54) is 18.2 Å². The molecule has 2 rings (SSSR count). The molecule has 1 N–H and O–H groups in total. The van der Waals surface area contributed by atoms with E-state index in [0.29, 0.717) is 12.1 Å². The summed E-state index contributed by atoms with van der Waals surface area (Å²) in [7, 11) is 0. The SMILES string of the molecule is O=Nc1ccc(OO)c(C=NCCCN2CCOCC2)c1. The zero-order valence-electron chi connectivity index (χ0n) is 11.8. The summed E-state index contributed by atoms with van der Waals surface area (Å²) in [5.74, 6) is 0.249. The largest absolute Gasteiger partial charge is 0.379 e. The van der Waals surface area contributed by atoms with Gasteiger partial charge in [-0.3, -0.25) is 9.89 Å². The smallest absolute Gasteiger partial charge is 0.174 e. The van der Waals surface area contributed by atoms with Gasteiger partial charge in [-0.1, -0.05) is 0 Å². The first-order chi connectivity index (χ1) is 10.3. The zero-order valence-corrected chi connectivity index (χ0v) is 11.8. The molecule has 1 aromatic carbocycles. The predicted octanol–water partition coefficient (Wildman–Crippen LogP) is 2.08. The highest BCUT2D eigenvalue weighted by Gasteiger charge is 2.09. The minimum atomic E-state index is 0.249. The van der Waals surface area contributed by atoms with Crippen molar-refractivity contribution in [3.8, 4) is 5.75 Å². The predicted molar refractivity (Wildman–Crippen MR) is 79.5 cm³/mol. The number of rotatable bonds is 7. The lowest BCUT2D eigenvalue weighted by Crippen LogP contribution is -2.37. The number of nitrogens with zero attached hydrogens (tertiary/aromatic N) is 3. The van der Waals surface area contributed by atoms with Crippen LogP contribution in [0.5, 0.6) is 5.75 Å². The maximum absolute atomic E-state index is 10.5. The third kappa shape index (κ3) is 4.89. The third-order valence-electron chi connectivity index (χ3n) is 3.29. The highest BCUT2D eigenvalue weighted by Crippen LogP contribution is 2.22. The Balaban J connectivity index is 1.81. The number of hydrogen-bond acceptors (Lipinski definition) is 7. The van der Waals surface area contributed by atoms with Gasteiger partial charge in [0, 0.05) is 38.0 Å². The Morgan fingerprint density at radius 1 is 1.38 bits per heavy atom. The van der Waals surface area contributed by atoms with Crippen LogP contribution in [0.4, 0.5) is 5.69 Å². The number of morpholine rings is 1. The summed E-state index contributed by atoms with van der Waals surface area (Å²) in [5, 5.41) is 11.6. The molecule has 0 unspecified atom stereocenters. The Morgan fingerprint density at radius 2 is 2.19 bits per heavy atom. The van der Waals surface area contributed by atoms with Crippen LogP contribution in [-0.4, -0.2) is 55.8 Å². The molecule has 0 atom stereocenters. The summed E-state index contributed by atoms with van der Waals surface area (Å²) in [5.41, 5.74) is 0.798. The molecule has 1 fully saturated rings. The summed E-state index contributed by atoms with van der Waals surface area (Å²) in [6.07, 6.45) is 2.52. The van der Waals surface area contributed by atoms with Gasteiger partial charge >= 0.3 is 0 Å². The van der Waals surface area contributed by atoms with Crippen molar-refractivity contribution in [3.63, 3.8) is 0 Å². The Hall–Kier alpha value is -1.83. The molecule has 114 valence electrons. The molecule has 1 aromatic rings. The maximum Gasteiger partial charge on any atom is 0.174 e. The van der Waals surface area contributed by atoms with Crippen LogP contribution < -0.4 is 4.89 Å². The molecule has 1 saturated heterocycles. The molecule has 0 amide bonds. The van der Waals surface area contributed by atoms with Gasteiger partial charge in [-0.15, -0.1) is 4.91 Å². The molecule has 21 heavy (non-hydrogen) atoms. The Bertz CT molecular complexity index is 487. The second-order valence-corrected chi connectivity index (χ2v) is 4.75. The summed E-state index contributed by atoms with van der Waals surface area (Å²) in [4.78, 5) is 21.4. The molecule has 0 aromatic heterocycles. The summed E-state index contributed by atoms with van der Waals surface area (Å²) in [6, 6.07) is 4.46. The van der Waals surface area contributed by atoms with Crippen molar-refractivity contribution in [1.29, 1.82) is 0 Å². The summed E-state index contributed by atoms with van der Waals surface area (Å²) < 4.78 is 5.29. The highest BCUT2D eigenvalue weighted by atomic mass is 17.1. The lowest BCUT2D eigenvalue weighted by Gasteiger charge is -2.26. The molecule has 7 nitrogen and oxygen atoms in total. The fourth-order valence-electron chi connectivity index (χ4n) is 2.15. The van der Waals surface area contributed by atoms with E-state index < -0.39 is 0 Å². The Labute approximate surface area is 123 Å². The van der Waals surface area contributed by atoms with Crippen molar-refractivity contribution in [2.75, 3.05) is 39.4 Å². The van der Waals surface area contributed by atoms with Gasteiger partial charge in [-0.05, 0) is 29.8 Å². The standard InChI is InChI=1S/C14H19N3O4/c18-16-13-2-3-14(21-19)12(10-13)11-15-4-1-5-17-6-8-20-9-7-17/h2-3,10-11,19H,1,4-9H2. The molecule has 1 heterocycles. The van der Waals surface area contributed by atoms with Gasteiger partial charge in [0.05, 0.1) is 13.2 Å². The lowest BCUT2D eigenvalue weighted by molar-refractivity contribution is -0.137. The topological polar surface area (TPSA) is 83.7 Å². The fourth-order valence-corrected chi connectivity index (χ4v) is 2.15. The van der Waals surface area contributed by atoms with Crippen molar-refractivity contribution < 1.29 is 14.9 Å². The van der Waals surface area contributed by atoms with Crippen molar-refractivity contribution in [2.45, 2.75) is 6.42 Å². The van der Waals surface area contributed by atoms with Crippen molar-refractivity contribution in [2.24, 2.45) is 10.2 Å². The van der Waals surface area contributed by atoms with E-state index >= 15 is 0 Å². The van der Waals surface area contributed by atoms with Crippen molar-refractivity contribution in [3.05, 3.63) is 28.7 Å². The van der Waals surface area contributed by atoms with Crippen LogP contribution >= 0.6 is 0 Å².